The highest BCUT2D eigenvalue weighted by molar-refractivity contribution is 9.10. The van der Waals surface area contributed by atoms with Gasteiger partial charge in [-0.1, -0.05) is 39.7 Å². The van der Waals surface area contributed by atoms with Crippen LogP contribution in [-0.2, 0) is 9.59 Å². The van der Waals surface area contributed by atoms with Crippen molar-refractivity contribution in [2.24, 2.45) is 11.0 Å². The lowest BCUT2D eigenvalue weighted by Gasteiger charge is -2.16. The molecule has 1 saturated heterocycles. The molecule has 0 unspecified atom stereocenters. The molecule has 1 fully saturated rings. The summed E-state index contributed by atoms with van der Waals surface area (Å²) in [6.07, 6.45) is 1.74. The standard InChI is InChI=1S/C18H15BrClN3O2/c19-14-3-1-12(2-4-14)10-21-22-18(25)13-9-17(24)23(11-13)16-7-5-15(20)6-8-16/h1-8,10,13H,9,11H2,(H,22,25)/b21-10-/t13-/m0/s1. The summed E-state index contributed by atoms with van der Waals surface area (Å²) in [5.41, 5.74) is 4.12. The predicted octanol–water partition coefficient (Wildman–Crippen LogP) is 3.61. The van der Waals surface area contributed by atoms with Crippen LogP contribution in [-0.4, -0.2) is 24.6 Å². The van der Waals surface area contributed by atoms with Crippen LogP contribution < -0.4 is 10.3 Å². The molecule has 25 heavy (non-hydrogen) atoms. The van der Waals surface area contributed by atoms with Gasteiger partial charge in [0.1, 0.15) is 0 Å². The fraction of sp³-hybridized carbons (Fsp3) is 0.167. The Bertz CT molecular complexity index is 806. The number of carbonyl (C=O) groups is 2. The third-order valence-corrected chi connectivity index (χ3v) is 4.67. The topological polar surface area (TPSA) is 61.8 Å². The van der Waals surface area contributed by atoms with E-state index in [1.807, 2.05) is 24.3 Å². The summed E-state index contributed by atoms with van der Waals surface area (Å²) in [6.45, 7) is 0.333. The summed E-state index contributed by atoms with van der Waals surface area (Å²) in [7, 11) is 0. The number of amides is 2. The molecular weight excluding hydrogens is 406 g/mol. The third kappa shape index (κ3) is 4.46. The zero-order chi connectivity index (χ0) is 17.8. The van der Waals surface area contributed by atoms with Gasteiger partial charge in [-0.3, -0.25) is 9.59 Å². The van der Waals surface area contributed by atoms with E-state index in [1.54, 1.807) is 35.4 Å². The average molecular weight is 421 g/mol. The van der Waals surface area contributed by atoms with Gasteiger partial charge in [-0.05, 0) is 42.0 Å². The molecule has 5 nitrogen and oxygen atoms in total. The van der Waals surface area contributed by atoms with Crippen molar-refractivity contribution in [1.29, 1.82) is 0 Å². The van der Waals surface area contributed by atoms with Crippen molar-refractivity contribution < 1.29 is 9.59 Å². The summed E-state index contributed by atoms with van der Waals surface area (Å²) in [4.78, 5) is 26.0. The summed E-state index contributed by atoms with van der Waals surface area (Å²) in [5, 5.41) is 4.57. The Labute approximate surface area is 158 Å². The Balaban J connectivity index is 1.59. The number of benzene rings is 2. The molecule has 1 N–H and O–H groups in total. The highest BCUT2D eigenvalue weighted by atomic mass is 79.9. The molecular formula is C18H15BrClN3O2. The van der Waals surface area contributed by atoms with E-state index in [0.717, 1.165) is 15.7 Å². The maximum absolute atomic E-state index is 12.2. The zero-order valence-corrected chi connectivity index (χ0v) is 15.5. The van der Waals surface area contributed by atoms with Crippen molar-refractivity contribution >= 4 is 51.2 Å². The minimum absolute atomic E-state index is 0.0839. The minimum atomic E-state index is -0.426. The lowest BCUT2D eigenvalue weighted by molar-refractivity contribution is -0.126. The van der Waals surface area contributed by atoms with Crippen LogP contribution in [0.4, 0.5) is 5.69 Å². The molecule has 1 aliphatic heterocycles. The van der Waals surface area contributed by atoms with Gasteiger partial charge in [0.15, 0.2) is 0 Å². The van der Waals surface area contributed by atoms with Crippen LogP contribution in [0.3, 0.4) is 0 Å². The first kappa shape index (κ1) is 17.6. The van der Waals surface area contributed by atoms with Gasteiger partial charge in [-0.15, -0.1) is 0 Å². The van der Waals surface area contributed by atoms with Gasteiger partial charge < -0.3 is 4.90 Å². The van der Waals surface area contributed by atoms with Crippen molar-refractivity contribution in [2.75, 3.05) is 11.4 Å². The molecule has 0 saturated carbocycles. The lowest BCUT2D eigenvalue weighted by atomic mass is 10.1. The van der Waals surface area contributed by atoms with E-state index in [-0.39, 0.29) is 18.2 Å². The van der Waals surface area contributed by atoms with Gasteiger partial charge >= 0.3 is 0 Å². The first-order valence-electron chi connectivity index (χ1n) is 7.67. The molecule has 3 rings (SSSR count). The normalized spacial score (nSPS) is 17.3. The van der Waals surface area contributed by atoms with E-state index in [9.17, 15) is 9.59 Å². The smallest absolute Gasteiger partial charge is 0.245 e. The maximum atomic E-state index is 12.2. The van der Waals surface area contributed by atoms with Gasteiger partial charge in [0.05, 0.1) is 12.1 Å². The first-order chi connectivity index (χ1) is 12.0. The van der Waals surface area contributed by atoms with Crippen molar-refractivity contribution in [3.05, 3.63) is 63.6 Å². The van der Waals surface area contributed by atoms with Crippen LogP contribution in [0.15, 0.2) is 58.1 Å². The van der Waals surface area contributed by atoms with Crippen LogP contribution in [0.1, 0.15) is 12.0 Å². The fourth-order valence-corrected chi connectivity index (χ4v) is 2.95. The molecule has 0 radical (unpaired) electrons. The molecule has 2 aromatic rings. The summed E-state index contributed by atoms with van der Waals surface area (Å²) in [6, 6.07) is 14.5. The number of rotatable bonds is 4. The molecule has 1 aliphatic rings. The van der Waals surface area contributed by atoms with Crippen molar-refractivity contribution in [2.45, 2.75) is 6.42 Å². The average Bonchev–Trinajstić information content (AvgIpc) is 2.99. The van der Waals surface area contributed by atoms with Crippen molar-refractivity contribution in [3.63, 3.8) is 0 Å². The van der Waals surface area contributed by atoms with Gasteiger partial charge in [0.25, 0.3) is 0 Å². The van der Waals surface area contributed by atoms with Crippen molar-refractivity contribution in [3.8, 4) is 0 Å². The van der Waals surface area contributed by atoms with Gasteiger partial charge in [0.2, 0.25) is 11.8 Å². The van der Waals surface area contributed by atoms with Gasteiger partial charge in [0, 0.05) is 28.1 Å². The molecule has 1 atom stereocenters. The second kappa shape index (κ2) is 7.80. The largest absolute Gasteiger partial charge is 0.312 e. The Kier molecular flexibility index (Phi) is 5.50. The van der Waals surface area contributed by atoms with E-state index >= 15 is 0 Å². The summed E-state index contributed by atoms with van der Waals surface area (Å²) >= 11 is 9.22. The van der Waals surface area contributed by atoms with E-state index in [2.05, 4.69) is 26.5 Å². The monoisotopic (exact) mass is 419 g/mol. The first-order valence-corrected chi connectivity index (χ1v) is 8.84. The Morgan fingerprint density at radius 1 is 1.20 bits per heavy atom. The van der Waals surface area contributed by atoms with Gasteiger partial charge in [-0.2, -0.15) is 5.10 Å². The Hall–Kier alpha value is -2.18. The van der Waals surface area contributed by atoms with Crippen LogP contribution in [0, 0.1) is 5.92 Å². The number of carbonyl (C=O) groups excluding carboxylic acids is 2. The molecule has 0 bridgehead atoms. The molecule has 0 aromatic heterocycles. The quantitative estimate of drug-likeness (QED) is 0.607. The van der Waals surface area contributed by atoms with Gasteiger partial charge in [-0.25, -0.2) is 5.43 Å². The lowest BCUT2D eigenvalue weighted by Crippen LogP contribution is -2.30. The molecule has 0 spiro atoms. The second-order valence-corrected chi connectivity index (χ2v) is 7.02. The van der Waals surface area contributed by atoms with Crippen molar-refractivity contribution in [1.82, 2.24) is 5.43 Å². The summed E-state index contributed by atoms with van der Waals surface area (Å²) in [5.74, 6) is -0.775. The third-order valence-electron chi connectivity index (χ3n) is 3.89. The SMILES string of the molecule is O=C(N/N=C\c1ccc(Br)cc1)[C@H]1CC(=O)N(c2ccc(Cl)cc2)C1. The molecule has 7 heteroatoms. The van der Waals surface area contributed by atoms with E-state index in [4.69, 9.17) is 11.6 Å². The number of anilines is 1. The van der Waals surface area contributed by atoms with Crippen LogP contribution in [0.25, 0.3) is 0 Å². The number of hydrazone groups is 1. The number of hydrogen-bond acceptors (Lipinski definition) is 3. The Morgan fingerprint density at radius 2 is 1.88 bits per heavy atom. The highest BCUT2D eigenvalue weighted by Crippen LogP contribution is 2.26. The molecule has 2 aromatic carbocycles. The molecule has 1 heterocycles. The minimum Gasteiger partial charge on any atom is -0.312 e. The van der Waals surface area contributed by atoms with Crippen LogP contribution in [0.5, 0.6) is 0 Å². The highest BCUT2D eigenvalue weighted by Gasteiger charge is 2.35. The zero-order valence-electron chi connectivity index (χ0n) is 13.2. The Morgan fingerprint density at radius 3 is 2.56 bits per heavy atom. The fourth-order valence-electron chi connectivity index (χ4n) is 2.56. The van der Waals surface area contributed by atoms with E-state index < -0.39 is 5.92 Å². The summed E-state index contributed by atoms with van der Waals surface area (Å²) < 4.78 is 0.973. The molecule has 0 aliphatic carbocycles. The number of nitrogens with one attached hydrogen (secondary N) is 1. The maximum Gasteiger partial charge on any atom is 0.245 e. The van der Waals surface area contributed by atoms with Crippen LogP contribution >= 0.6 is 27.5 Å². The second-order valence-electron chi connectivity index (χ2n) is 5.67. The number of hydrogen-bond donors (Lipinski definition) is 1. The van der Waals surface area contributed by atoms with E-state index in [1.165, 1.54) is 0 Å². The number of halogens is 2. The molecule has 2 amide bonds. The predicted molar refractivity (Wildman–Crippen MR) is 102 cm³/mol. The number of nitrogens with zero attached hydrogens (tertiary/aromatic N) is 2. The van der Waals surface area contributed by atoms with E-state index in [0.29, 0.717) is 11.6 Å². The molecule has 128 valence electrons. The van der Waals surface area contributed by atoms with Crippen LogP contribution in [0.2, 0.25) is 5.02 Å².